The van der Waals surface area contributed by atoms with Crippen molar-refractivity contribution in [3.63, 3.8) is 0 Å². The Hall–Kier alpha value is -2.02. The van der Waals surface area contributed by atoms with Gasteiger partial charge in [0.2, 0.25) is 5.95 Å². The number of H-pyrrole nitrogens is 1. The van der Waals surface area contributed by atoms with Crippen molar-refractivity contribution in [2.75, 3.05) is 17.2 Å². The standard InChI is InChI=1S/C12H15ClN6O/c1-6-3-4-20-11-9(7(2)18-19-11)16-12-14-5-8(13)10(15-6)17-12/h5-6H,3-4H2,1-2H3,(H,18,19)(H2,14,15,16,17). The number of aryl methyl sites for hydroxylation is 1. The van der Waals surface area contributed by atoms with Gasteiger partial charge < -0.3 is 15.4 Å². The quantitative estimate of drug-likeness (QED) is 0.692. The smallest absolute Gasteiger partial charge is 0.256 e. The van der Waals surface area contributed by atoms with Gasteiger partial charge in [0.15, 0.2) is 5.82 Å². The summed E-state index contributed by atoms with van der Waals surface area (Å²) in [5.74, 6) is 1.58. The van der Waals surface area contributed by atoms with Gasteiger partial charge in [-0.15, -0.1) is 5.10 Å². The summed E-state index contributed by atoms with van der Waals surface area (Å²) in [7, 11) is 0. The molecule has 0 aromatic carbocycles. The molecule has 3 rings (SSSR count). The maximum atomic E-state index is 6.10. The zero-order valence-electron chi connectivity index (χ0n) is 11.2. The Kier molecular flexibility index (Phi) is 3.35. The molecule has 3 heterocycles. The Morgan fingerprint density at radius 3 is 3.15 bits per heavy atom. The zero-order chi connectivity index (χ0) is 14.1. The third kappa shape index (κ3) is 2.49. The highest BCUT2D eigenvalue weighted by Gasteiger charge is 2.17. The van der Waals surface area contributed by atoms with Gasteiger partial charge in [0.1, 0.15) is 10.7 Å². The molecule has 7 nitrogen and oxygen atoms in total. The Morgan fingerprint density at radius 2 is 2.30 bits per heavy atom. The Labute approximate surface area is 121 Å². The second kappa shape index (κ2) is 5.16. The predicted molar refractivity (Wildman–Crippen MR) is 76.8 cm³/mol. The van der Waals surface area contributed by atoms with Gasteiger partial charge >= 0.3 is 0 Å². The van der Waals surface area contributed by atoms with Crippen LogP contribution in [0.1, 0.15) is 19.0 Å². The van der Waals surface area contributed by atoms with Crippen molar-refractivity contribution >= 4 is 29.1 Å². The van der Waals surface area contributed by atoms with Crippen LogP contribution in [0.3, 0.4) is 0 Å². The van der Waals surface area contributed by atoms with Crippen molar-refractivity contribution in [2.24, 2.45) is 0 Å². The van der Waals surface area contributed by atoms with E-state index in [9.17, 15) is 0 Å². The van der Waals surface area contributed by atoms with E-state index in [-0.39, 0.29) is 6.04 Å². The van der Waals surface area contributed by atoms with Crippen molar-refractivity contribution in [3.05, 3.63) is 16.9 Å². The largest absolute Gasteiger partial charge is 0.475 e. The maximum Gasteiger partial charge on any atom is 0.256 e. The van der Waals surface area contributed by atoms with Crippen molar-refractivity contribution in [3.8, 4) is 5.88 Å². The van der Waals surface area contributed by atoms with Crippen LogP contribution >= 0.6 is 11.6 Å². The first-order valence-electron chi connectivity index (χ1n) is 6.37. The summed E-state index contributed by atoms with van der Waals surface area (Å²) in [5, 5.41) is 13.9. The van der Waals surface area contributed by atoms with Gasteiger partial charge in [0, 0.05) is 12.5 Å². The predicted octanol–water partition coefficient (Wildman–Crippen LogP) is 2.49. The highest BCUT2D eigenvalue weighted by molar-refractivity contribution is 6.32. The van der Waals surface area contributed by atoms with Crippen LogP contribution < -0.4 is 15.4 Å². The van der Waals surface area contributed by atoms with Gasteiger partial charge in [-0.05, 0) is 13.8 Å². The molecule has 2 bridgehead atoms. The van der Waals surface area contributed by atoms with Crippen molar-refractivity contribution in [1.29, 1.82) is 0 Å². The topological polar surface area (TPSA) is 87.8 Å². The van der Waals surface area contributed by atoms with E-state index in [4.69, 9.17) is 16.3 Å². The summed E-state index contributed by atoms with van der Waals surface area (Å²) < 4.78 is 5.69. The van der Waals surface area contributed by atoms with Crippen LogP contribution in [0, 0.1) is 6.92 Å². The average molecular weight is 295 g/mol. The molecular formula is C12H15ClN6O. The molecule has 0 saturated heterocycles. The Morgan fingerprint density at radius 1 is 1.45 bits per heavy atom. The normalized spacial score (nSPS) is 18.1. The number of anilines is 3. The highest BCUT2D eigenvalue weighted by Crippen LogP contribution is 2.30. The first-order valence-corrected chi connectivity index (χ1v) is 6.75. The van der Waals surface area contributed by atoms with Crippen LogP contribution in [0.2, 0.25) is 5.02 Å². The number of nitrogens with one attached hydrogen (secondary N) is 3. The van der Waals surface area contributed by atoms with Crippen LogP contribution in [-0.4, -0.2) is 32.8 Å². The van der Waals surface area contributed by atoms with Crippen LogP contribution in [0.25, 0.3) is 0 Å². The summed E-state index contributed by atoms with van der Waals surface area (Å²) in [5.41, 5.74) is 1.60. The minimum Gasteiger partial charge on any atom is -0.475 e. The summed E-state index contributed by atoms with van der Waals surface area (Å²) in [4.78, 5) is 8.55. The molecule has 1 aliphatic heterocycles. The Bertz CT molecular complexity index is 628. The van der Waals surface area contributed by atoms with Gasteiger partial charge in [-0.25, -0.2) is 4.98 Å². The van der Waals surface area contributed by atoms with Gasteiger partial charge in [-0.1, -0.05) is 11.6 Å². The molecule has 1 atom stereocenters. The lowest BCUT2D eigenvalue weighted by molar-refractivity contribution is 0.294. The second-order valence-corrected chi connectivity index (χ2v) is 5.13. The van der Waals surface area contributed by atoms with Gasteiger partial charge in [-0.2, -0.15) is 4.98 Å². The Balaban J connectivity index is 2.02. The van der Waals surface area contributed by atoms with E-state index >= 15 is 0 Å². The highest BCUT2D eigenvalue weighted by atomic mass is 35.5. The number of hydrogen-bond donors (Lipinski definition) is 3. The molecule has 0 spiro atoms. The van der Waals surface area contributed by atoms with Crippen molar-refractivity contribution < 1.29 is 4.74 Å². The molecule has 1 unspecified atom stereocenters. The lowest BCUT2D eigenvalue weighted by atomic mass is 10.2. The number of hydrogen-bond acceptors (Lipinski definition) is 6. The van der Waals surface area contributed by atoms with E-state index in [0.717, 1.165) is 17.8 Å². The summed E-state index contributed by atoms with van der Waals surface area (Å²) >= 11 is 6.10. The van der Waals surface area contributed by atoms with E-state index in [1.807, 2.05) is 13.8 Å². The summed E-state index contributed by atoms with van der Waals surface area (Å²) in [6, 6.07) is 0.178. The second-order valence-electron chi connectivity index (χ2n) is 4.73. The third-order valence-corrected chi connectivity index (χ3v) is 3.34. The number of halogens is 1. The van der Waals surface area contributed by atoms with Crippen LogP contribution in [-0.2, 0) is 0 Å². The number of rotatable bonds is 0. The molecule has 0 amide bonds. The summed E-state index contributed by atoms with van der Waals surface area (Å²) in [6.45, 7) is 4.50. The SMILES string of the molecule is Cc1[nH]nc2c1Nc1ncc(Cl)c(n1)NC(C)CCO2. The molecular weight excluding hydrogens is 280 g/mol. The minimum atomic E-state index is 0.178. The van der Waals surface area contributed by atoms with E-state index in [1.165, 1.54) is 0 Å². The fourth-order valence-electron chi connectivity index (χ4n) is 1.94. The molecule has 8 heteroatoms. The molecule has 20 heavy (non-hydrogen) atoms. The van der Waals surface area contributed by atoms with E-state index in [2.05, 4.69) is 30.8 Å². The number of nitrogens with zero attached hydrogens (tertiary/aromatic N) is 3. The van der Waals surface area contributed by atoms with Gasteiger partial charge in [0.05, 0.1) is 18.5 Å². The van der Waals surface area contributed by atoms with Crippen LogP contribution in [0.4, 0.5) is 17.5 Å². The average Bonchev–Trinajstić information content (AvgIpc) is 2.74. The number of fused-ring (bicyclic) bond motifs is 3. The molecule has 2 aromatic rings. The van der Waals surface area contributed by atoms with Crippen molar-refractivity contribution in [1.82, 2.24) is 20.2 Å². The maximum absolute atomic E-state index is 6.10. The third-order valence-electron chi connectivity index (χ3n) is 3.07. The van der Waals surface area contributed by atoms with Gasteiger partial charge in [0.25, 0.3) is 5.88 Å². The monoisotopic (exact) mass is 294 g/mol. The molecule has 106 valence electrons. The summed E-state index contributed by atoms with van der Waals surface area (Å²) in [6.07, 6.45) is 2.38. The molecule has 1 aliphatic rings. The molecule has 0 saturated carbocycles. The lowest BCUT2D eigenvalue weighted by Gasteiger charge is -2.14. The number of ether oxygens (including phenoxy) is 1. The van der Waals surface area contributed by atoms with Crippen molar-refractivity contribution in [2.45, 2.75) is 26.3 Å². The zero-order valence-corrected chi connectivity index (χ0v) is 12.0. The van der Waals surface area contributed by atoms with E-state index in [0.29, 0.717) is 29.3 Å². The fraction of sp³-hybridized carbons (Fsp3) is 0.417. The first-order chi connectivity index (χ1) is 9.63. The van der Waals surface area contributed by atoms with Crippen LogP contribution in [0.15, 0.2) is 6.20 Å². The molecule has 3 N–H and O–H groups in total. The number of aromatic nitrogens is 4. The molecule has 0 fully saturated rings. The molecule has 0 aliphatic carbocycles. The lowest BCUT2D eigenvalue weighted by Crippen LogP contribution is -2.19. The number of aromatic amines is 1. The van der Waals surface area contributed by atoms with E-state index in [1.54, 1.807) is 6.20 Å². The fourth-order valence-corrected chi connectivity index (χ4v) is 2.08. The van der Waals surface area contributed by atoms with Crippen LogP contribution in [0.5, 0.6) is 5.88 Å². The van der Waals surface area contributed by atoms with Gasteiger partial charge in [-0.3, -0.25) is 5.10 Å². The molecule has 0 radical (unpaired) electrons. The first kappa shape index (κ1) is 13.0. The molecule has 2 aromatic heterocycles. The van der Waals surface area contributed by atoms with E-state index < -0.39 is 0 Å². The minimum absolute atomic E-state index is 0.178.